The third kappa shape index (κ3) is 1.68. The number of fused-ring (bicyclic) bond motifs is 1. The molecule has 0 aromatic carbocycles. The van der Waals surface area contributed by atoms with Gasteiger partial charge in [-0.15, -0.1) is 0 Å². The first-order valence-corrected chi connectivity index (χ1v) is 5.46. The van der Waals surface area contributed by atoms with E-state index in [2.05, 4.69) is 0 Å². The maximum Gasteiger partial charge on any atom is 0.184 e. The molecule has 0 spiro atoms. The molecule has 4 atom stereocenters. The quantitative estimate of drug-likeness (QED) is 0.697. The van der Waals surface area contributed by atoms with E-state index < -0.39 is 24.3 Å². The average molecular weight is 218 g/mol. The molecule has 2 aliphatic rings. The third-order valence-corrected chi connectivity index (χ3v) is 3.24. The van der Waals surface area contributed by atoms with E-state index in [0.717, 1.165) is 12.8 Å². The zero-order chi connectivity index (χ0) is 11.1. The second-order valence-electron chi connectivity index (χ2n) is 4.03. The van der Waals surface area contributed by atoms with Crippen LogP contribution >= 0.6 is 0 Å². The first-order valence-electron chi connectivity index (χ1n) is 5.46. The summed E-state index contributed by atoms with van der Waals surface area (Å²) in [7, 11) is 0. The van der Waals surface area contributed by atoms with E-state index in [4.69, 9.17) is 19.3 Å². The molecule has 0 radical (unpaired) electrons. The summed E-state index contributed by atoms with van der Waals surface area (Å²) in [6, 6.07) is 0. The van der Waals surface area contributed by atoms with E-state index in [0.29, 0.717) is 0 Å². The first-order chi connectivity index (χ1) is 7.15. The highest BCUT2D eigenvalue weighted by atomic mass is 16.8. The monoisotopic (exact) mass is 218 g/mol. The zero-order valence-corrected chi connectivity index (χ0v) is 9.05. The van der Waals surface area contributed by atoms with Crippen molar-refractivity contribution in [2.45, 2.75) is 57.1 Å². The van der Waals surface area contributed by atoms with Gasteiger partial charge >= 0.3 is 0 Å². The van der Waals surface area contributed by atoms with Crippen molar-refractivity contribution in [2.24, 2.45) is 0 Å². The van der Waals surface area contributed by atoms with E-state index in [1.54, 1.807) is 0 Å². The molecule has 0 saturated carbocycles. The van der Waals surface area contributed by atoms with Crippen molar-refractivity contribution in [3.63, 3.8) is 0 Å². The van der Waals surface area contributed by atoms with Gasteiger partial charge in [0.05, 0.1) is 6.61 Å². The highest BCUT2D eigenvalue weighted by Gasteiger charge is 2.56. The second kappa shape index (κ2) is 3.99. The summed E-state index contributed by atoms with van der Waals surface area (Å²) >= 11 is 0. The van der Waals surface area contributed by atoms with E-state index in [9.17, 15) is 5.11 Å². The summed E-state index contributed by atoms with van der Waals surface area (Å²) in [6.07, 6.45) is -0.855. The van der Waals surface area contributed by atoms with Gasteiger partial charge in [-0.2, -0.15) is 0 Å². The summed E-state index contributed by atoms with van der Waals surface area (Å²) in [4.78, 5) is 0. The topological polar surface area (TPSA) is 68.2 Å². The standard InChI is InChI=1S/C10H18O5/c1-3-10(4-2)14-7-6(5-11)13-9(12)8(7)15-10/h6-9,11-12H,3-5H2,1-2H3/t6-,7-,8-,9?/m1/s1. The number of hydrogen-bond donors (Lipinski definition) is 2. The Morgan fingerprint density at radius 2 is 1.73 bits per heavy atom. The van der Waals surface area contributed by atoms with Crippen LogP contribution in [0.15, 0.2) is 0 Å². The number of hydrogen-bond acceptors (Lipinski definition) is 5. The van der Waals surface area contributed by atoms with Crippen LogP contribution in [0, 0.1) is 0 Å². The van der Waals surface area contributed by atoms with Crippen molar-refractivity contribution >= 4 is 0 Å². The van der Waals surface area contributed by atoms with Gasteiger partial charge < -0.3 is 24.4 Å². The molecule has 2 rings (SSSR count). The molecule has 0 amide bonds. The van der Waals surface area contributed by atoms with Gasteiger partial charge in [-0.1, -0.05) is 13.8 Å². The molecule has 2 aliphatic heterocycles. The highest BCUT2D eigenvalue weighted by Crippen LogP contribution is 2.41. The van der Waals surface area contributed by atoms with Crippen LogP contribution in [0.5, 0.6) is 0 Å². The predicted molar refractivity (Wildman–Crippen MR) is 51.0 cm³/mol. The van der Waals surface area contributed by atoms with Crippen LogP contribution < -0.4 is 0 Å². The Hall–Kier alpha value is -0.200. The molecule has 5 nitrogen and oxygen atoms in total. The smallest absolute Gasteiger partial charge is 0.184 e. The fourth-order valence-corrected chi connectivity index (χ4v) is 2.23. The lowest BCUT2D eigenvalue weighted by Crippen LogP contribution is -2.34. The van der Waals surface area contributed by atoms with E-state index in [-0.39, 0.29) is 12.7 Å². The van der Waals surface area contributed by atoms with Crippen LogP contribution in [0.3, 0.4) is 0 Å². The lowest BCUT2D eigenvalue weighted by atomic mass is 10.1. The molecule has 0 aliphatic carbocycles. The predicted octanol–water partition coefficient (Wildman–Crippen LogP) is -0.00380. The van der Waals surface area contributed by atoms with Gasteiger partial charge in [-0.25, -0.2) is 0 Å². The van der Waals surface area contributed by atoms with Crippen LogP contribution in [-0.2, 0) is 14.2 Å². The molecule has 2 fully saturated rings. The molecule has 5 heteroatoms. The molecule has 15 heavy (non-hydrogen) atoms. The van der Waals surface area contributed by atoms with Gasteiger partial charge in [-0.3, -0.25) is 0 Å². The molecule has 2 N–H and O–H groups in total. The van der Waals surface area contributed by atoms with Gasteiger partial charge in [0.2, 0.25) is 0 Å². The number of aliphatic hydroxyl groups is 2. The first kappa shape index (κ1) is 11.3. The summed E-state index contributed by atoms with van der Waals surface area (Å²) < 4.78 is 16.6. The number of ether oxygens (including phenoxy) is 3. The van der Waals surface area contributed by atoms with Crippen molar-refractivity contribution in [1.82, 2.24) is 0 Å². The fraction of sp³-hybridized carbons (Fsp3) is 1.00. The lowest BCUT2D eigenvalue weighted by Gasteiger charge is -2.27. The maximum absolute atomic E-state index is 9.59. The Balaban J connectivity index is 2.13. The van der Waals surface area contributed by atoms with Crippen molar-refractivity contribution in [1.29, 1.82) is 0 Å². The fourth-order valence-electron chi connectivity index (χ4n) is 2.23. The normalized spacial score (nSPS) is 43.2. The van der Waals surface area contributed by atoms with Crippen molar-refractivity contribution in [3.05, 3.63) is 0 Å². The van der Waals surface area contributed by atoms with Gasteiger partial charge in [0.15, 0.2) is 12.1 Å². The van der Waals surface area contributed by atoms with Crippen LogP contribution in [-0.4, -0.2) is 47.2 Å². The average Bonchev–Trinajstić information content (AvgIpc) is 2.77. The molecule has 0 aromatic rings. The van der Waals surface area contributed by atoms with Crippen LogP contribution in [0.25, 0.3) is 0 Å². The Kier molecular flexibility index (Phi) is 3.00. The summed E-state index contributed by atoms with van der Waals surface area (Å²) in [5.74, 6) is -0.618. The summed E-state index contributed by atoms with van der Waals surface area (Å²) in [5, 5.41) is 18.7. The van der Waals surface area contributed by atoms with E-state index in [1.807, 2.05) is 13.8 Å². The zero-order valence-electron chi connectivity index (χ0n) is 9.05. The van der Waals surface area contributed by atoms with Crippen LogP contribution in [0.4, 0.5) is 0 Å². The molecular weight excluding hydrogens is 200 g/mol. The van der Waals surface area contributed by atoms with Gasteiger partial charge in [0.25, 0.3) is 0 Å². The molecule has 2 saturated heterocycles. The number of rotatable bonds is 3. The Bertz CT molecular complexity index is 228. The highest BCUT2D eigenvalue weighted by molar-refractivity contribution is 4.95. The van der Waals surface area contributed by atoms with E-state index in [1.165, 1.54) is 0 Å². The van der Waals surface area contributed by atoms with Gasteiger partial charge in [-0.05, 0) is 12.8 Å². The summed E-state index contributed by atoms with van der Waals surface area (Å²) in [6.45, 7) is 3.79. The maximum atomic E-state index is 9.59. The molecule has 1 unspecified atom stereocenters. The van der Waals surface area contributed by atoms with Crippen LogP contribution in [0.1, 0.15) is 26.7 Å². The summed E-state index contributed by atoms with van der Waals surface area (Å²) in [5.41, 5.74) is 0. The van der Waals surface area contributed by atoms with Crippen molar-refractivity contribution in [2.75, 3.05) is 6.61 Å². The minimum absolute atomic E-state index is 0.162. The van der Waals surface area contributed by atoms with Gasteiger partial charge in [0.1, 0.15) is 18.3 Å². The molecule has 0 bridgehead atoms. The Morgan fingerprint density at radius 1 is 1.13 bits per heavy atom. The Labute approximate surface area is 88.9 Å². The second-order valence-corrected chi connectivity index (χ2v) is 4.03. The molecule has 88 valence electrons. The molecule has 2 heterocycles. The third-order valence-electron chi connectivity index (χ3n) is 3.24. The van der Waals surface area contributed by atoms with E-state index >= 15 is 0 Å². The molecule has 0 aromatic heterocycles. The van der Waals surface area contributed by atoms with Gasteiger partial charge in [0, 0.05) is 0 Å². The Morgan fingerprint density at radius 3 is 2.27 bits per heavy atom. The van der Waals surface area contributed by atoms with Crippen LogP contribution in [0.2, 0.25) is 0 Å². The lowest BCUT2D eigenvalue weighted by molar-refractivity contribution is -0.240. The largest absolute Gasteiger partial charge is 0.394 e. The molecular formula is C10H18O5. The van der Waals surface area contributed by atoms with Crippen molar-refractivity contribution < 1.29 is 24.4 Å². The SMILES string of the molecule is CCC1(CC)O[C@@H]2[C@@H](CO)OC(O)[C@@H]2O1. The minimum Gasteiger partial charge on any atom is -0.394 e. The minimum atomic E-state index is -0.993. The van der Waals surface area contributed by atoms with Crippen molar-refractivity contribution in [3.8, 4) is 0 Å². The number of aliphatic hydroxyl groups excluding tert-OH is 2.